The van der Waals surface area contributed by atoms with Crippen molar-refractivity contribution in [3.63, 3.8) is 0 Å². The second-order valence-corrected chi connectivity index (χ2v) is 4.72. The Labute approximate surface area is 97.7 Å². The lowest BCUT2D eigenvalue weighted by Crippen LogP contribution is -2.43. The van der Waals surface area contributed by atoms with Gasteiger partial charge in [0.25, 0.3) is 0 Å². The van der Waals surface area contributed by atoms with Crippen LogP contribution in [-0.2, 0) is 5.54 Å². The van der Waals surface area contributed by atoms with E-state index in [1.165, 1.54) is 37.7 Å². The summed E-state index contributed by atoms with van der Waals surface area (Å²) >= 11 is 0. The Morgan fingerprint density at radius 3 is 2.67 bits per heavy atom. The third kappa shape index (κ3) is 1.79. The first-order valence-electron chi connectivity index (χ1n) is 5.72. The Bertz CT molecular complexity index is 321. The number of rotatable bonds is 1. The Morgan fingerprint density at radius 1 is 1.07 bits per heavy atom. The highest BCUT2D eigenvalue weighted by Gasteiger charge is 2.42. The van der Waals surface area contributed by atoms with Crippen LogP contribution in [0.1, 0.15) is 37.7 Å². The number of nitrogens with one attached hydrogen (secondary N) is 1. The summed E-state index contributed by atoms with van der Waals surface area (Å²) in [6.07, 6.45) is 6.81. The number of halogens is 1. The van der Waals surface area contributed by atoms with Crippen molar-refractivity contribution >= 4 is 12.4 Å². The molecule has 1 nitrogen and oxygen atoms in total. The molecular formula is C13H18ClN. The SMILES string of the molecule is Cl.c1ccc(C23CCCC(CC2)N3)cc1. The van der Waals surface area contributed by atoms with Gasteiger partial charge in [0.1, 0.15) is 0 Å². The molecule has 0 amide bonds. The molecule has 1 aromatic rings. The number of hydrogen-bond donors (Lipinski definition) is 1. The van der Waals surface area contributed by atoms with E-state index in [0.29, 0.717) is 5.54 Å². The van der Waals surface area contributed by atoms with Crippen molar-refractivity contribution in [1.29, 1.82) is 0 Å². The van der Waals surface area contributed by atoms with E-state index < -0.39 is 0 Å². The molecule has 1 N–H and O–H groups in total. The fourth-order valence-electron chi connectivity index (χ4n) is 3.15. The van der Waals surface area contributed by atoms with Gasteiger partial charge in [-0.05, 0) is 37.7 Å². The van der Waals surface area contributed by atoms with Gasteiger partial charge in [-0.1, -0.05) is 30.3 Å². The number of hydrogen-bond acceptors (Lipinski definition) is 1. The van der Waals surface area contributed by atoms with Crippen LogP contribution >= 0.6 is 12.4 Å². The summed E-state index contributed by atoms with van der Waals surface area (Å²) in [7, 11) is 0. The molecule has 1 aromatic carbocycles. The molecule has 2 fully saturated rings. The Balaban J connectivity index is 0.000000853. The van der Waals surface area contributed by atoms with Crippen molar-refractivity contribution in [2.24, 2.45) is 0 Å². The normalized spacial score (nSPS) is 33.5. The van der Waals surface area contributed by atoms with Gasteiger partial charge in [-0.15, -0.1) is 12.4 Å². The summed E-state index contributed by atoms with van der Waals surface area (Å²) in [5.41, 5.74) is 1.84. The van der Waals surface area contributed by atoms with Crippen LogP contribution in [0.3, 0.4) is 0 Å². The molecule has 2 saturated heterocycles. The van der Waals surface area contributed by atoms with Gasteiger partial charge in [0, 0.05) is 11.6 Å². The summed E-state index contributed by atoms with van der Waals surface area (Å²) in [6.45, 7) is 0. The topological polar surface area (TPSA) is 12.0 Å². The van der Waals surface area contributed by atoms with Gasteiger partial charge >= 0.3 is 0 Å². The first kappa shape index (κ1) is 11.0. The number of benzene rings is 1. The molecule has 2 heterocycles. The monoisotopic (exact) mass is 223 g/mol. The van der Waals surface area contributed by atoms with Gasteiger partial charge in [-0.2, -0.15) is 0 Å². The first-order chi connectivity index (χ1) is 6.89. The largest absolute Gasteiger partial charge is 0.305 e. The van der Waals surface area contributed by atoms with Gasteiger partial charge < -0.3 is 5.32 Å². The van der Waals surface area contributed by atoms with Crippen LogP contribution < -0.4 is 5.32 Å². The molecule has 2 bridgehead atoms. The van der Waals surface area contributed by atoms with E-state index in [1.807, 2.05) is 0 Å². The average Bonchev–Trinajstić information content (AvgIpc) is 2.57. The maximum atomic E-state index is 3.82. The minimum atomic E-state index is 0. The molecule has 3 rings (SSSR count). The molecule has 0 radical (unpaired) electrons. The van der Waals surface area contributed by atoms with Crippen LogP contribution in [0.2, 0.25) is 0 Å². The van der Waals surface area contributed by atoms with Gasteiger partial charge in [0.2, 0.25) is 0 Å². The highest BCUT2D eigenvalue weighted by Crippen LogP contribution is 2.42. The molecule has 2 heteroatoms. The molecule has 2 atom stereocenters. The van der Waals surface area contributed by atoms with Gasteiger partial charge in [0.15, 0.2) is 0 Å². The summed E-state index contributed by atoms with van der Waals surface area (Å²) < 4.78 is 0. The van der Waals surface area contributed by atoms with E-state index >= 15 is 0 Å². The molecular weight excluding hydrogens is 206 g/mol. The molecule has 2 unspecified atom stereocenters. The van der Waals surface area contributed by atoms with E-state index in [0.717, 1.165) is 6.04 Å². The smallest absolute Gasteiger partial charge is 0.0437 e. The lowest BCUT2D eigenvalue weighted by atomic mass is 9.83. The van der Waals surface area contributed by atoms with Crippen molar-refractivity contribution in [3.8, 4) is 0 Å². The van der Waals surface area contributed by atoms with E-state index in [1.54, 1.807) is 0 Å². The summed E-state index contributed by atoms with van der Waals surface area (Å²) in [4.78, 5) is 0. The predicted octanol–water partition coefficient (Wildman–Crippen LogP) is 3.24. The Hall–Kier alpha value is -0.530. The van der Waals surface area contributed by atoms with Gasteiger partial charge in [-0.3, -0.25) is 0 Å². The average molecular weight is 224 g/mol. The second-order valence-electron chi connectivity index (χ2n) is 4.72. The number of piperidine rings is 1. The maximum Gasteiger partial charge on any atom is 0.0437 e. The highest BCUT2D eigenvalue weighted by molar-refractivity contribution is 5.85. The molecule has 0 spiro atoms. The number of fused-ring (bicyclic) bond motifs is 2. The lowest BCUT2D eigenvalue weighted by molar-refractivity contribution is 0.280. The first-order valence-corrected chi connectivity index (χ1v) is 5.72. The zero-order valence-corrected chi connectivity index (χ0v) is 9.72. The van der Waals surface area contributed by atoms with Crippen molar-refractivity contribution in [1.82, 2.24) is 5.32 Å². The van der Waals surface area contributed by atoms with Crippen molar-refractivity contribution in [2.45, 2.75) is 43.7 Å². The summed E-state index contributed by atoms with van der Waals surface area (Å²) in [5.74, 6) is 0. The van der Waals surface area contributed by atoms with Gasteiger partial charge in [-0.25, -0.2) is 0 Å². The lowest BCUT2D eigenvalue weighted by Gasteiger charge is -2.35. The molecule has 82 valence electrons. The minimum absolute atomic E-state index is 0. The fourth-order valence-corrected chi connectivity index (χ4v) is 3.15. The van der Waals surface area contributed by atoms with Crippen LogP contribution in [0.15, 0.2) is 30.3 Å². The molecule has 0 saturated carbocycles. The second kappa shape index (κ2) is 4.15. The van der Waals surface area contributed by atoms with Crippen molar-refractivity contribution < 1.29 is 0 Å². The Morgan fingerprint density at radius 2 is 1.87 bits per heavy atom. The Kier molecular flexibility index (Phi) is 3.03. The van der Waals surface area contributed by atoms with Crippen LogP contribution in [0.25, 0.3) is 0 Å². The standard InChI is InChI=1S/C13H17N.ClH/c1-2-5-11(6-3-1)13-9-4-7-12(14-13)8-10-13;/h1-3,5-6,12,14H,4,7-10H2;1H. The van der Waals surface area contributed by atoms with E-state index in [-0.39, 0.29) is 12.4 Å². The van der Waals surface area contributed by atoms with Crippen molar-refractivity contribution in [2.75, 3.05) is 0 Å². The minimum Gasteiger partial charge on any atom is -0.305 e. The predicted molar refractivity (Wildman–Crippen MR) is 65.4 cm³/mol. The molecule has 2 aliphatic rings. The zero-order valence-electron chi connectivity index (χ0n) is 8.91. The molecule has 0 aromatic heterocycles. The summed E-state index contributed by atoms with van der Waals surface area (Å²) in [5, 5.41) is 3.82. The third-order valence-corrected chi connectivity index (χ3v) is 3.88. The molecule has 2 aliphatic heterocycles. The molecule has 15 heavy (non-hydrogen) atoms. The van der Waals surface area contributed by atoms with Crippen LogP contribution in [0, 0.1) is 0 Å². The van der Waals surface area contributed by atoms with Crippen LogP contribution in [0.4, 0.5) is 0 Å². The van der Waals surface area contributed by atoms with E-state index in [4.69, 9.17) is 0 Å². The van der Waals surface area contributed by atoms with E-state index in [9.17, 15) is 0 Å². The van der Waals surface area contributed by atoms with Crippen molar-refractivity contribution in [3.05, 3.63) is 35.9 Å². The van der Waals surface area contributed by atoms with E-state index in [2.05, 4.69) is 35.6 Å². The quantitative estimate of drug-likeness (QED) is 0.771. The summed E-state index contributed by atoms with van der Waals surface area (Å²) in [6, 6.07) is 11.8. The zero-order chi connectivity index (χ0) is 9.43. The highest BCUT2D eigenvalue weighted by atomic mass is 35.5. The molecule has 0 aliphatic carbocycles. The van der Waals surface area contributed by atoms with Crippen LogP contribution in [-0.4, -0.2) is 6.04 Å². The van der Waals surface area contributed by atoms with Crippen LogP contribution in [0.5, 0.6) is 0 Å². The maximum absolute atomic E-state index is 3.82. The fraction of sp³-hybridized carbons (Fsp3) is 0.538. The third-order valence-electron chi connectivity index (χ3n) is 3.88. The van der Waals surface area contributed by atoms with Gasteiger partial charge in [0.05, 0.1) is 0 Å².